The summed E-state index contributed by atoms with van der Waals surface area (Å²) in [6, 6.07) is 2.07. The third kappa shape index (κ3) is 1.70. The van der Waals surface area contributed by atoms with E-state index in [9.17, 15) is 0 Å². The first-order valence-corrected chi connectivity index (χ1v) is 5.54. The van der Waals surface area contributed by atoms with Gasteiger partial charge in [-0.25, -0.2) is 9.50 Å². The standard InChI is InChI=1S/C12H10N6O/c1-17-6-9(5-14-17)10-7-18-11(12(16-10)19-2)8(3-13)4-15-18/h4-7H,1-2H3. The molecule has 3 heterocycles. The van der Waals surface area contributed by atoms with E-state index in [0.29, 0.717) is 22.7 Å². The second kappa shape index (κ2) is 4.10. The number of nitrogens with zero attached hydrogens (tertiary/aromatic N) is 6. The van der Waals surface area contributed by atoms with Gasteiger partial charge in [0, 0.05) is 18.8 Å². The van der Waals surface area contributed by atoms with Gasteiger partial charge in [-0.15, -0.1) is 0 Å². The maximum Gasteiger partial charge on any atom is 0.241 e. The SMILES string of the molecule is COc1nc(-c2cnn(C)c2)cn2ncc(C#N)c12. The highest BCUT2D eigenvalue weighted by atomic mass is 16.5. The summed E-state index contributed by atoms with van der Waals surface area (Å²) in [7, 11) is 3.35. The first kappa shape index (κ1) is 11.2. The average Bonchev–Trinajstić information content (AvgIpc) is 3.03. The Balaban J connectivity index is 2.27. The van der Waals surface area contributed by atoms with E-state index in [4.69, 9.17) is 10.00 Å². The minimum absolute atomic E-state index is 0.371. The Morgan fingerprint density at radius 1 is 1.26 bits per heavy atom. The van der Waals surface area contributed by atoms with Gasteiger partial charge in [0.25, 0.3) is 0 Å². The van der Waals surface area contributed by atoms with Crippen molar-refractivity contribution in [3.63, 3.8) is 0 Å². The molecule has 0 atom stereocenters. The Bertz CT molecular complexity index is 794. The summed E-state index contributed by atoms with van der Waals surface area (Å²) < 4.78 is 8.53. The number of fused-ring (bicyclic) bond motifs is 1. The van der Waals surface area contributed by atoms with Crippen LogP contribution in [-0.2, 0) is 7.05 Å². The molecule has 0 aliphatic rings. The second-order valence-electron chi connectivity index (χ2n) is 4.00. The van der Waals surface area contributed by atoms with Crippen LogP contribution >= 0.6 is 0 Å². The fraction of sp³-hybridized carbons (Fsp3) is 0.167. The molecule has 19 heavy (non-hydrogen) atoms. The summed E-state index contributed by atoms with van der Waals surface area (Å²) in [5.74, 6) is 0.371. The Morgan fingerprint density at radius 3 is 2.74 bits per heavy atom. The molecule has 0 saturated heterocycles. The highest BCUT2D eigenvalue weighted by Gasteiger charge is 2.14. The average molecular weight is 254 g/mol. The topological polar surface area (TPSA) is 81.0 Å². The summed E-state index contributed by atoms with van der Waals surface area (Å²) in [6.45, 7) is 0. The predicted molar refractivity (Wildman–Crippen MR) is 66.5 cm³/mol. The summed E-state index contributed by atoms with van der Waals surface area (Å²) in [5, 5.41) is 17.3. The molecule has 0 aliphatic carbocycles. The van der Waals surface area contributed by atoms with Crippen molar-refractivity contribution in [2.24, 2.45) is 7.05 Å². The molecular formula is C12H10N6O. The number of hydrogen-bond donors (Lipinski definition) is 0. The van der Waals surface area contributed by atoms with Crippen molar-refractivity contribution >= 4 is 5.52 Å². The second-order valence-corrected chi connectivity index (χ2v) is 4.00. The Labute approximate surface area is 108 Å². The van der Waals surface area contributed by atoms with Crippen molar-refractivity contribution in [2.75, 3.05) is 7.11 Å². The Kier molecular flexibility index (Phi) is 2.42. The maximum absolute atomic E-state index is 9.03. The predicted octanol–water partition coefficient (Wildman–Crippen LogP) is 1.01. The monoisotopic (exact) mass is 254 g/mol. The van der Waals surface area contributed by atoms with Gasteiger partial charge in [-0.2, -0.15) is 15.5 Å². The van der Waals surface area contributed by atoms with E-state index >= 15 is 0 Å². The molecule has 0 amide bonds. The molecule has 3 aromatic heterocycles. The van der Waals surface area contributed by atoms with E-state index in [1.54, 1.807) is 21.6 Å². The van der Waals surface area contributed by atoms with Crippen molar-refractivity contribution in [1.29, 1.82) is 5.26 Å². The first-order valence-electron chi connectivity index (χ1n) is 5.54. The molecule has 0 aromatic carbocycles. The van der Waals surface area contributed by atoms with Crippen molar-refractivity contribution < 1.29 is 4.74 Å². The molecule has 7 heteroatoms. The van der Waals surface area contributed by atoms with Gasteiger partial charge in [-0.3, -0.25) is 4.68 Å². The molecule has 3 aromatic rings. The Morgan fingerprint density at radius 2 is 2.11 bits per heavy atom. The van der Waals surface area contributed by atoms with E-state index in [0.717, 1.165) is 5.56 Å². The number of methoxy groups -OCH3 is 1. The first-order chi connectivity index (χ1) is 9.22. The van der Waals surface area contributed by atoms with Crippen molar-refractivity contribution in [1.82, 2.24) is 24.4 Å². The molecule has 0 fully saturated rings. The molecule has 3 rings (SSSR count). The van der Waals surface area contributed by atoms with Crippen molar-refractivity contribution in [2.45, 2.75) is 0 Å². The lowest BCUT2D eigenvalue weighted by molar-refractivity contribution is 0.401. The molecule has 0 N–H and O–H groups in total. The van der Waals surface area contributed by atoms with E-state index in [1.165, 1.54) is 13.3 Å². The fourth-order valence-electron chi connectivity index (χ4n) is 1.90. The number of rotatable bonds is 2. The van der Waals surface area contributed by atoms with Gasteiger partial charge in [-0.05, 0) is 0 Å². The van der Waals surface area contributed by atoms with Crippen LogP contribution in [0.15, 0.2) is 24.8 Å². The number of aromatic nitrogens is 5. The van der Waals surface area contributed by atoms with Crippen LogP contribution in [0.4, 0.5) is 0 Å². The van der Waals surface area contributed by atoms with Crippen LogP contribution in [0.2, 0.25) is 0 Å². The van der Waals surface area contributed by atoms with Crippen LogP contribution in [-0.4, -0.2) is 31.5 Å². The largest absolute Gasteiger partial charge is 0.479 e. The molecule has 0 spiro atoms. The smallest absolute Gasteiger partial charge is 0.241 e. The van der Waals surface area contributed by atoms with Gasteiger partial charge in [-0.1, -0.05) is 0 Å². The number of nitriles is 1. The fourth-order valence-corrected chi connectivity index (χ4v) is 1.90. The lowest BCUT2D eigenvalue weighted by Gasteiger charge is -2.05. The van der Waals surface area contributed by atoms with Crippen LogP contribution < -0.4 is 4.74 Å². The van der Waals surface area contributed by atoms with Crippen LogP contribution in [0.25, 0.3) is 16.8 Å². The summed E-state index contributed by atoms with van der Waals surface area (Å²) >= 11 is 0. The highest BCUT2D eigenvalue weighted by molar-refractivity contribution is 5.70. The maximum atomic E-state index is 9.03. The zero-order valence-corrected chi connectivity index (χ0v) is 10.4. The Hall–Kier alpha value is -2.88. The molecule has 0 bridgehead atoms. The van der Waals surface area contributed by atoms with E-state index in [-0.39, 0.29) is 0 Å². The summed E-state index contributed by atoms with van der Waals surface area (Å²) in [5.41, 5.74) is 2.54. The highest BCUT2D eigenvalue weighted by Crippen LogP contribution is 2.25. The van der Waals surface area contributed by atoms with Gasteiger partial charge in [0.05, 0.1) is 31.4 Å². The molecular weight excluding hydrogens is 244 g/mol. The minimum atomic E-state index is 0.371. The lowest BCUT2D eigenvalue weighted by atomic mass is 10.2. The van der Waals surface area contributed by atoms with Gasteiger partial charge < -0.3 is 4.74 Å². The summed E-state index contributed by atoms with van der Waals surface area (Å²) in [6.07, 6.45) is 6.80. The van der Waals surface area contributed by atoms with E-state index in [1.807, 2.05) is 13.2 Å². The van der Waals surface area contributed by atoms with Gasteiger partial charge in [0.1, 0.15) is 17.1 Å². The zero-order chi connectivity index (χ0) is 13.4. The zero-order valence-electron chi connectivity index (χ0n) is 10.4. The normalized spacial score (nSPS) is 10.6. The van der Waals surface area contributed by atoms with Gasteiger partial charge in [0.2, 0.25) is 5.88 Å². The molecule has 0 radical (unpaired) electrons. The number of hydrogen-bond acceptors (Lipinski definition) is 5. The molecule has 7 nitrogen and oxygen atoms in total. The van der Waals surface area contributed by atoms with E-state index in [2.05, 4.69) is 21.3 Å². The quantitative estimate of drug-likeness (QED) is 0.681. The lowest BCUT2D eigenvalue weighted by Crippen LogP contribution is -1.97. The van der Waals surface area contributed by atoms with Crippen LogP contribution in [0.3, 0.4) is 0 Å². The van der Waals surface area contributed by atoms with Gasteiger partial charge >= 0.3 is 0 Å². The number of ether oxygens (including phenoxy) is 1. The molecule has 0 saturated carbocycles. The van der Waals surface area contributed by atoms with Gasteiger partial charge in [0.15, 0.2) is 0 Å². The van der Waals surface area contributed by atoms with Crippen molar-refractivity contribution in [3.8, 4) is 23.2 Å². The van der Waals surface area contributed by atoms with Crippen LogP contribution in [0, 0.1) is 11.3 Å². The summed E-state index contributed by atoms with van der Waals surface area (Å²) in [4.78, 5) is 4.40. The third-order valence-electron chi connectivity index (χ3n) is 2.78. The minimum Gasteiger partial charge on any atom is -0.479 e. The molecule has 0 aliphatic heterocycles. The van der Waals surface area contributed by atoms with E-state index < -0.39 is 0 Å². The molecule has 94 valence electrons. The van der Waals surface area contributed by atoms with Crippen LogP contribution in [0.5, 0.6) is 5.88 Å². The van der Waals surface area contributed by atoms with Crippen LogP contribution in [0.1, 0.15) is 5.56 Å². The van der Waals surface area contributed by atoms with Crippen molar-refractivity contribution in [3.05, 3.63) is 30.4 Å². The number of aryl methyl sites for hydroxylation is 1. The molecule has 0 unspecified atom stereocenters. The third-order valence-corrected chi connectivity index (χ3v) is 2.78.